The lowest BCUT2D eigenvalue weighted by molar-refractivity contribution is 0.475. The third-order valence-electron chi connectivity index (χ3n) is 2.92. The number of nitrogens with two attached hydrogens (primary N) is 2. The second kappa shape index (κ2) is 4.24. The molecule has 5 nitrogen and oxygen atoms in total. The molecule has 2 rings (SSSR count). The lowest BCUT2D eigenvalue weighted by Crippen LogP contribution is -2.37. The summed E-state index contributed by atoms with van der Waals surface area (Å²) >= 11 is 0. The van der Waals surface area contributed by atoms with E-state index >= 15 is 0 Å². The van der Waals surface area contributed by atoms with Crippen LogP contribution >= 0.6 is 0 Å². The Hall–Kier alpha value is -1.63. The van der Waals surface area contributed by atoms with Crippen molar-refractivity contribution in [3.05, 3.63) is 53.8 Å². The van der Waals surface area contributed by atoms with Crippen LogP contribution in [0.1, 0.15) is 12.0 Å². The summed E-state index contributed by atoms with van der Waals surface area (Å²) < 4.78 is 31.9. The molecule has 1 aromatic rings. The smallest absolute Gasteiger partial charge is 0.294 e. The van der Waals surface area contributed by atoms with Gasteiger partial charge in [-0.1, -0.05) is 30.4 Å². The molecular weight excluding hydrogens is 252 g/mol. The van der Waals surface area contributed by atoms with Crippen LogP contribution < -0.4 is 11.5 Å². The molecule has 6 heteroatoms. The van der Waals surface area contributed by atoms with Gasteiger partial charge in [-0.05, 0) is 24.1 Å². The SMILES string of the molecule is NC1=CCC(N)(c2ccccc2S(=O)(=O)O)C=C1. The van der Waals surface area contributed by atoms with Crippen molar-refractivity contribution in [3.8, 4) is 0 Å². The normalized spacial score (nSPS) is 23.8. The number of benzene rings is 1. The highest BCUT2D eigenvalue weighted by Crippen LogP contribution is 2.32. The Morgan fingerprint density at radius 3 is 2.50 bits per heavy atom. The predicted octanol–water partition coefficient (Wildman–Crippen LogP) is 0.890. The average molecular weight is 266 g/mol. The van der Waals surface area contributed by atoms with E-state index in [1.54, 1.807) is 30.4 Å². The van der Waals surface area contributed by atoms with Gasteiger partial charge in [0.15, 0.2) is 0 Å². The topological polar surface area (TPSA) is 106 Å². The molecule has 1 aromatic carbocycles. The van der Waals surface area contributed by atoms with Crippen molar-refractivity contribution < 1.29 is 13.0 Å². The van der Waals surface area contributed by atoms with E-state index in [1.165, 1.54) is 12.1 Å². The van der Waals surface area contributed by atoms with Crippen molar-refractivity contribution in [2.24, 2.45) is 11.5 Å². The summed E-state index contributed by atoms with van der Waals surface area (Å²) in [6, 6.07) is 6.12. The first kappa shape index (κ1) is 12.8. The lowest BCUT2D eigenvalue weighted by atomic mass is 9.84. The summed E-state index contributed by atoms with van der Waals surface area (Å²) in [5.41, 5.74) is 11.7. The second-order valence-electron chi connectivity index (χ2n) is 4.25. The van der Waals surface area contributed by atoms with E-state index in [0.29, 0.717) is 17.7 Å². The maximum Gasteiger partial charge on any atom is 0.294 e. The Balaban J connectivity index is 2.57. The minimum absolute atomic E-state index is 0.175. The van der Waals surface area contributed by atoms with Gasteiger partial charge in [0, 0.05) is 5.70 Å². The molecule has 1 aliphatic rings. The van der Waals surface area contributed by atoms with E-state index in [1.807, 2.05) is 0 Å². The van der Waals surface area contributed by atoms with E-state index < -0.39 is 15.7 Å². The quantitative estimate of drug-likeness (QED) is 0.689. The average Bonchev–Trinajstić information content (AvgIpc) is 2.32. The molecule has 1 atom stereocenters. The molecular formula is C12H14N2O3S. The van der Waals surface area contributed by atoms with Gasteiger partial charge in [-0.15, -0.1) is 0 Å². The Labute approximate surface area is 106 Å². The fourth-order valence-corrected chi connectivity index (χ4v) is 2.73. The van der Waals surface area contributed by atoms with Crippen molar-refractivity contribution in [3.63, 3.8) is 0 Å². The van der Waals surface area contributed by atoms with Gasteiger partial charge in [0.2, 0.25) is 0 Å². The maximum atomic E-state index is 11.3. The van der Waals surface area contributed by atoms with Crippen LogP contribution in [0.5, 0.6) is 0 Å². The molecule has 18 heavy (non-hydrogen) atoms. The van der Waals surface area contributed by atoms with Crippen molar-refractivity contribution >= 4 is 10.1 Å². The van der Waals surface area contributed by atoms with Crippen LogP contribution in [0.25, 0.3) is 0 Å². The zero-order chi connectivity index (χ0) is 13.4. The van der Waals surface area contributed by atoms with Crippen molar-refractivity contribution in [2.75, 3.05) is 0 Å². The molecule has 96 valence electrons. The van der Waals surface area contributed by atoms with Gasteiger partial charge < -0.3 is 11.5 Å². The third-order valence-corrected chi connectivity index (χ3v) is 3.83. The highest BCUT2D eigenvalue weighted by atomic mass is 32.2. The molecule has 0 aromatic heterocycles. The van der Waals surface area contributed by atoms with E-state index in [-0.39, 0.29) is 4.90 Å². The molecule has 0 spiro atoms. The highest BCUT2D eigenvalue weighted by Gasteiger charge is 2.30. The maximum absolute atomic E-state index is 11.3. The molecule has 0 aliphatic heterocycles. The number of rotatable bonds is 2. The van der Waals surface area contributed by atoms with Crippen LogP contribution in [0.2, 0.25) is 0 Å². The first-order valence-electron chi connectivity index (χ1n) is 5.34. The van der Waals surface area contributed by atoms with Gasteiger partial charge in [-0.2, -0.15) is 8.42 Å². The zero-order valence-corrected chi connectivity index (χ0v) is 10.4. The van der Waals surface area contributed by atoms with Crippen molar-refractivity contribution in [2.45, 2.75) is 16.9 Å². The molecule has 0 fully saturated rings. The molecule has 0 saturated carbocycles. The summed E-state index contributed by atoms with van der Waals surface area (Å²) in [5, 5.41) is 0. The van der Waals surface area contributed by atoms with Gasteiger partial charge in [0.05, 0.1) is 10.4 Å². The number of allylic oxidation sites excluding steroid dienone is 1. The summed E-state index contributed by atoms with van der Waals surface area (Å²) in [5.74, 6) is 0. The minimum Gasteiger partial charge on any atom is -0.399 e. The van der Waals surface area contributed by atoms with Crippen LogP contribution in [-0.2, 0) is 15.7 Å². The molecule has 0 amide bonds. The summed E-state index contributed by atoms with van der Waals surface area (Å²) in [6.07, 6.45) is 5.37. The number of hydrogen-bond acceptors (Lipinski definition) is 4. The summed E-state index contributed by atoms with van der Waals surface area (Å²) in [6.45, 7) is 0. The molecule has 0 bridgehead atoms. The third kappa shape index (κ3) is 2.31. The van der Waals surface area contributed by atoms with Crippen LogP contribution in [0, 0.1) is 0 Å². The molecule has 1 aliphatic carbocycles. The van der Waals surface area contributed by atoms with E-state index in [2.05, 4.69) is 0 Å². The number of hydrogen-bond donors (Lipinski definition) is 3. The largest absolute Gasteiger partial charge is 0.399 e. The van der Waals surface area contributed by atoms with Gasteiger partial charge in [-0.3, -0.25) is 4.55 Å². The molecule has 0 heterocycles. The van der Waals surface area contributed by atoms with Gasteiger partial charge in [0.25, 0.3) is 10.1 Å². The van der Waals surface area contributed by atoms with E-state index in [0.717, 1.165) is 0 Å². The van der Waals surface area contributed by atoms with Crippen molar-refractivity contribution in [1.82, 2.24) is 0 Å². The van der Waals surface area contributed by atoms with Gasteiger partial charge >= 0.3 is 0 Å². The Kier molecular flexibility index (Phi) is 3.02. The fraction of sp³-hybridized carbons (Fsp3) is 0.167. The lowest BCUT2D eigenvalue weighted by Gasteiger charge is -2.29. The standard InChI is InChI=1S/C12H14N2O3S/c13-9-5-7-12(14,8-6-9)10-3-1-2-4-11(10)18(15,16)17/h1-7H,8,13-14H2,(H,15,16,17). The Morgan fingerprint density at radius 1 is 1.28 bits per heavy atom. The molecule has 0 saturated heterocycles. The van der Waals surface area contributed by atoms with Gasteiger partial charge in [-0.25, -0.2) is 0 Å². The van der Waals surface area contributed by atoms with Crippen LogP contribution in [-0.4, -0.2) is 13.0 Å². The predicted molar refractivity (Wildman–Crippen MR) is 68.1 cm³/mol. The molecule has 1 unspecified atom stereocenters. The fourth-order valence-electron chi connectivity index (χ4n) is 1.94. The van der Waals surface area contributed by atoms with Crippen LogP contribution in [0.3, 0.4) is 0 Å². The van der Waals surface area contributed by atoms with Crippen molar-refractivity contribution in [1.29, 1.82) is 0 Å². The first-order valence-corrected chi connectivity index (χ1v) is 6.78. The van der Waals surface area contributed by atoms with E-state index in [4.69, 9.17) is 11.5 Å². The monoisotopic (exact) mass is 266 g/mol. The second-order valence-corrected chi connectivity index (χ2v) is 5.64. The van der Waals surface area contributed by atoms with E-state index in [9.17, 15) is 13.0 Å². The van der Waals surface area contributed by atoms with Gasteiger partial charge in [0.1, 0.15) is 0 Å². The van der Waals surface area contributed by atoms with Crippen LogP contribution in [0.4, 0.5) is 0 Å². The van der Waals surface area contributed by atoms with Crippen LogP contribution in [0.15, 0.2) is 53.1 Å². The summed E-state index contributed by atoms with van der Waals surface area (Å²) in [4.78, 5) is -0.175. The summed E-state index contributed by atoms with van der Waals surface area (Å²) in [7, 11) is -4.30. The first-order chi connectivity index (χ1) is 8.33. The highest BCUT2D eigenvalue weighted by molar-refractivity contribution is 7.85. The Morgan fingerprint density at radius 2 is 1.94 bits per heavy atom. The minimum atomic E-state index is -4.30. The molecule has 0 radical (unpaired) electrons. The Bertz CT molecular complexity index is 634. The molecule has 5 N–H and O–H groups in total. The zero-order valence-electron chi connectivity index (χ0n) is 9.58.